The Labute approximate surface area is 139 Å². The van der Waals surface area contributed by atoms with Gasteiger partial charge in [-0.1, -0.05) is 63.6 Å². The normalized spacial score (nSPS) is 23.1. The Hall–Kier alpha value is -1.35. The summed E-state index contributed by atoms with van der Waals surface area (Å²) in [6.45, 7) is 2.59. The number of ether oxygens (including phenoxy) is 1. The smallest absolute Gasteiger partial charge is 0.321 e. The SMILES string of the molecule is CCCCCCCCC1Cc2ccc(C3NCC(=O)O3)cc2C1. The molecule has 1 N–H and O–H groups in total. The van der Waals surface area contributed by atoms with Gasteiger partial charge in [0.15, 0.2) is 6.23 Å². The molecule has 1 fully saturated rings. The summed E-state index contributed by atoms with van der Waals surface area (Å²) in [4.78, 5) is 11.2. The highest BCUT2D eigenvalue weighted by atomic mass is 16.6. The van der Waals surface area contributed by atoms with E-state index in [2.05, 4.69) is 30.4 Å². The lowest BCUT2D eigenvalue weighted by molar-refractivity contribution is -0.140. The summed E-state index contributed by atoms with van der Waals surface area (Å²) in [6, 6.07) is 6.59. The molecule has 0 amide bonds. The Kier molecular flexibility index (Phi) is 5.71. The van der Waals surface area contributed by atoms with Gasteiger partial charge in [-0.25, -0.2) is 0 Å². The molecule has 0 saturated carbocycles. The van der Waals surface area contributed by atoms with Crippen LogP contribution in [0.5, 0.6) is 0 Å². The van der Waals surface area contributed by atoms with Crippen LogP contribution in [0.4, 0.5) is 0 Å². The summed E-state index contributed by atoms with van der Waals surface area (Å²) < 4.78 is 5.30. The van der Waals surface area contributed by atoms with Gasteiger partial charge in [0.1, 0.15) is 0 Å². The first-order valence-electron chi connectivity index (χ1n) is 9.31. The van der Waals surface area contributed by atoms with Gasteiger partial charge in [0, 0.05) is 5.56 Å². The number of cyclic esters (lactones) is 1. The van der Waals surface area contributed by atoms with Crippen LogP contribution < -0.4 is 5.32 Å². The zero-order valence-corrected chi connectivity index (χ0v) is 14.3. The molecule has 1 aliphatic carbocycles. The molecule has 3 heteroatoms. The third-order valence-corrected chi connectivity index (χ3v) is 5.20. The molecule has 1 heterocycles. The van der Waals surface area contributed by atoms with E-state index in [1.54, 1.807) is 0 Å². The number of nitrogens with one attached hydrogen (secondary N) is 1. The van der Waals surface area contributed by atoms with Gasteiger partial charge in [0.05, 0.1) is 6.54 Å². The van der Waals surface area contributed by atoms with Crippen molar-refractivity contribution in [3.8, 4) is 0 Å². The molecule has 1 aromatic carbocycles. The molecule has 2 unspecified atom stereocenters. The third-order valence-electron chi connectivity index (χ3n) is 5.20. The van der Waals surface area contributed by atoms with E-state index in [1.165, 1.54) is 68.9 Å². The number of hydrogen-bond donors (Lipinski definition) is 1. The first-order valence-corrected chi connectivity index (χ1v) is 9.31. The highest BCUT2D eigenvalue weighted by molar-refractivity contribution is 5.73. The number of unbranched alkanes of at least 4 members (excludes halogenated alkanes) is 5. The van der Waals surface area contributed by atoms with E-state index in [1.807, 2.05) is 0 Å². The van der Waals surface area contributed by atoms with Crippen LogP contribution in [-0.4, -0.2) is 12.5 Å². The number of rotatable bonds is 8. The van der Waals surface area contributed by atoms with Crippen molar-refractivity contribution < 1.29 is 9.53 Å². The molecule has 0 bridgehead atoms. The fraction of sp³-hybridized carbons (Fsp3) is 0.650. The van der Waals surface area contributed by atoms with Crippen molar-refractivity contribution in [2.45, 2.75) is 70.9 Å². The fourth-order valence-corrected chi connectivity index (χ4v) is 3.89. The summed E-state index contributed by atoms with van der Waals surface area (Å²) >= 11 is 0. The number of carbonyl (C=O) groups excluding carboxylic acids is 1. The van der Waals surface area contributed by atoms with Gasteiger partial charge in [-0.2, -0.15) is 0 Å². The van der Waals surface area contributed by atoms with Crippen LogP contribution in [-0.2, 0) is 22.4 Å². The highest BCUT2D eigenvalue weighted by Crippen LogP contribution is 2.32. The minimum Gasteiger partial charge on any atom is -0.441 e. The standard InChI is InChI=1S/C20H29NO2/c1-2-3-4-5-6-7-8-15-11-16-9-10-17(13-18(16)12-15)20-21-14-19(22)23-20/h9-10,13,15,20-21H,2-8,11-12,14H2,1H3. The Morgan fingerprint density at radius 1 is 1.09 bits per heavy atom. The maximum atomic E-state index is 11.2. The van der Waals surface area contributed by atoms with Gasteiger partial charge < -0.3 is 4.74 Å². The van der Waals surface area contributed by atoms with E-state index < -0.39 is 0 Å². The second kappa shape index (κ2) is 7.96. The lowest BCUT2D eigenvalue weighted by Crippen LogP contribution is -2.14. The van der Waals surface area contributed by atoms with Crippen molar-refractivity contribution in [3.63, 3.8) is 0 Å². The van der Waals surface area contributed by atoms with E-state index in [4.69, 9.17) is 4.74 Å². The van der Waals surface area contributed by atoms with Crippen molar-refractivity contribution in [2.75, 3.05) is 6.54 Å². The third kappa shape index (κ3) is 4.35. The average Bonchev–Trinajstić information content (AvgIpc) is 3.15. The van der Waals surface area contributed by atoms with Crippen LogP contribution in [0.3, 0.4) is 0 Å². The quantitative estimate of drug-likeness (QED) is 0.574. The maximum absolute atomic E-state index is 11.2. The second-order valence-corrected chi connectivity index (χ2v) is 7.11. The first kappa shape index (κ1) is 16.5. The summed E-state index contributed by atoms with van der Waals surface area (Å²) in [5.74, 6) is 0.655. The summed E-state index contributed by atoms with van der Waals surface area (Å²) in [5.41, 5.74) is 4.05. The largest absolute Gasteiger partial charge is 0.441 e. The Morgan fingerprint density at radius 2 is 1.87 bits per heavy atom. The topological polar surface area (TPSA) is 38.3 Å². The van der Waals surface area contributed by atoms with E-state index >= 15 is 0 Å². The lowest BCUT2D eigenvalue weighted by Gasteiger charge is -2.11. The van der Waals surface area contributed by atoms with Gasteiger partial charge in [0.2, 0.25) is 0 Å². The van der Waals surface area contributed by atoms with E-state index in [0.29, 0.717) is 6.54 Å². The Balaban J connectivity index is 1.46. The first-order chi connectivity index (χ1) is 11.3. The summed E-state index contributed by atoms with van der Waals surface area (Å²) in [6.07, 6.45) is 11.8. The van der Waals surface area contributed by atoms with Crippen molar-refractivity contribution in [1.29, 1.82) is 0 Å². The van der Waals surface area contributed by atoms with Crippen molar-refractivity contribution in [1.82, 2.24) is 5.32 Å². The monoisotopic (exact) mass is 315 g/mol. The molecule has 23 heavy (non-hydrogen) atoms. The van der Waals surface area contributed by atoms with Crippen LogP contribution in [0, 0.1) is 5.92 Å². The lowest BCUT2D eigenvalue weighted by atomic mass is 9.97. The van der Waals surface area contributed by atoms with Crippen LogP contribution in [0.25, 0.3) is 0 Å². The molecular weight excluding hydrogens is 286 g/mol. The Bertz CT molecular complexity index is 540. The highest BCUT2D eigenvalue weighted by Gasteiger charge is 2.27. The van der Waals surface area contributed by atoms with E-state index in [0.717, 1.165) is 11.5 Å². The Morgan fingerprint density at radius 3 is 2.65 bits per heavy atom. The zero-order chi connectivity index (χ0) is 16.1. The molecule has 0 radical (unpaired) electrons. The molecule has 0 aromatic heterocycles. The molecule has 3 rings (SSSR count). The minimum absolute atomic E-state index is 0.156. The van der Waals surface area contributed by atoms with Crippen LogP contribution >= 0.6 is 0 Å². The predicted molar refractivity (Wildman–Crippen MR) is 92.2 cm³/mol. The number of hydrogen-bond acceptors (Lipinski definition) is 3. The number of carbonyl (C=O) groups is 1. The second-order valence-electron chi connectivity index (χ2n) is 7.11. The predicted octanol–water partition coefficient (Wildman–Crippen LogP) is 4.30. The number of esters is 1. The molecule has 0 spiro atoms. The van der Waals surface area contributed by atoms with Crippen molar-refractivity contribution in [2.24, 2.45) is 5.92 Å². The molecule has 1 aliphatic heterocycles. The number of benzene rings is 1. The average molecular weight is 315 g/mol. The van der Waals surface area contributed by atoms with Gasteiger partial charge in [-0.3, -0.25) is 10.1 Å². The summed E-state index contributed by atoms with van der Waals surface area (Å²) in [5, 5.41) is 3.11. The zero-order valence-electron chi connectivity index (χ0n) is 14.3. The van der Waals surface area contributed by atoms with Crippen molar-refractivity contribution >= 4 is 5.97 Å². The minimum atomic E-state index is -0.245. The van der Waals surface area contributed by atoms with Gasteiger partial charge in [-0.15, -0.1) is 0 Å². The van der Waals surface area contributed by atoms with E-state index in [-0.39, 0.29) is 12.2 Å². The molecule has 3 nitrogen and oxygen atoms in total. The molecular formula is C20H29NO2. The molecule has 1 saturated heterocycles. The van der Waals surface area contributed by atoms with Crippen molar-refractivity contribution in [3.05, 3.63) is 34.9 Å². The fourth-order valence-electron chi connectivity index (χ4n) is 3.89. The molecule has 1 aromatic rings. The maximum Gasteiger partial charge on any atom is 0.321 e. The van der Waals surface area contributed by atoms with Gasteiger partial charge in [0.25, 0.3) is 0 Å². The number of fused-ring (bicyclic) bond motifs is 1. The molecule has 2 atom stereocenters. The summed E-state index contributed by atoms with van der Waals surface area (Å²) in [7, 11) is 0. The van der Waals surface area contributed by atoms with Crippen LogP contribution in [0.1, 0.15) is 74.8 Å². The van der Waals surface area contributed by atoms with E-state index in [9.17, 15) is 4.79 Å². The molecule has 126 valence electrons. The van der Waals surface area contributed by atoms with Crippen LogP contribution in [0.15, 0.2) is 18.2 Å². The van der Waals surface area contributed by atoms with Crippen LogP contribution in [0.2, 0.25) is 0 Å². The molecule has 2 aliphatic rings. The van der Waals surface area contributed by atoms with Gasteiger partial charge >= 0.3 is 5.97 Å². The van der Waals surface area contributed by atoms with Gasteiger partial charge in [-0.05, 0) is 36.3 Å².